The first kappa shape index (κ1) is 22.1. The SMILES string of the molecule is Cc1cc(C(=O)CN2C(=O)NC(C)(c3ccc4c(c3)CCC4)C2=O)c(C)n1CC(F)(F)F. The number of benzene rings is 1. The monoisotopic (exact) mass is 447 g/mol. The van der Waals surface area contributed by atoms with E-state index in [0.29, 0.717) is 5.56 Å². The minimum Gasteiger partial charge on any atom is -0.339 e. The molecule has 1 aliphatic carbocycles. The van der Waals surface area contributed by atoms with Crippen LogP contribution in [0.3, 0.4) is 0 Å². The number of rotatable bonds is 5. The van der Waals surface area contributed by atoms with Crippen molar-refractivity contribution >= 4 is 17.7 Å². The number of imide groups is 1. The molecule has 0 saturated carbocycles. The molecule has 1 aliphatic heterocycles. The van der Waals surface area contributed by atoms with Crippen molar-refractivity contribution in [1.82, 2.24) is 14.8 Å². The van der Waals surface area contributed by atoms with Gasteiger partial charge in [0.2, 0.25) is 0 Å². The number of Topliss-reactive ketones (excluding diaryl/α,β-unsaturated/α-hetero) is 1. The van der Waals surface area contributed by atoms with Crippen LogP contribution in [0.1, 0.15) is 51.8 Å². The Labute approximate surface area is 183 Å². The summed E-state index contributed by atoms with van der Waals surface area (Å²) in [6.07, 6.45) is -1.49. The van der Waals surface area contributed by atoms with Crippen LogP contribution in [0.4, 0.5) is 18.0 Å². The average molecular weight is 447 g/mol. The van der Waals surface area contributed by atoms with E-state index in [1.807, 2.05) is 18.2 Å². The Balaban J connectivity index is 1.57. The van der Waals surface area contributed by atoms with Gasteiger partial charge in [-0.3, -0.25) is 14.5 Å². The number of nitrogens with one attached hydrogen (secondary N) is 1. The van der Waals surface area contributed by atoms with E-state index >= 15 is 0 Å². The number of alkyl halides is 3. The number of urea groups is 1. The van der Waals surface area contributed by atoms with Crippen molar-refractivity contribution in [2.45, 2.75) is 58.3 Å². The number of amides is 3. The molecule has 2 aromatic rings. The maximum atomic E-state index is 13.2. The van der Waals surface area contributed by atoms with Crippen molar-refractivity contribution < 1.29 is 27.6 Å². The zero-order valence-corrected chi connectivity index (χ0v) is 18.1. The van der Waals surface area contributed by atoms with E-state index in [9.17, 15) is 27.6 Å². The van der Waals surface area contributed by atoms with Crippen LogP contribution in [-0.4, -0.2) is 39.9 Å². The summed E-state index contributed by atoms with van der Waals surface area (Å²) in [5.41, 5.74) is 2.23. The lowest BCUT2D eigenvalue weighted by Crippen LogP contribution is -2.41. The fourth-order valence-electron chi connectivity index (χ4n) is 4.65. The zero-order valence-electron chi connectivity index (χ0n) is 18.1. The topological polar surface area (TPSA) is 71.4 Å². The van der Waals surface area contributed by atoms with Gasteiger partial charge in [-0.1, -0.05) is 18.2 Å². The number of halogens is 3. The van der Waals surface area contributed by atoms with Gasteiger partial charge in [0, 0.05) is 17.0 Å². The summed E-state index contributed by atoms with van der Waals surface area (Å²) in [5, 5.41) is 2.69. The van der Waals surface area contributed by atoms with Crippen LogP contribution in [0.2, 0.25) is 0 Å². The minimum absolute atomic E-state index is 0.0680. The highest BCUT2D eigenvalue weighted by Crippen LogP contribution is 2.33. The minimum atomic E-state index is -4.43. The summed E-state index contributed by atoms with van der Waals surface area (Å²) < 4.78 is 39.6. The number of carbonyl (C=O) groups is 3. The molecule has 170 valence electrons. The van der Waals surface area contributed by atoms with Crippen molar-refractivity contribution in [2.75, 3.05) is 6.54 Å². The maximum absolute atomic E-state index is 13.2. The van der Waals surface area contributed by atoms with Gasteiger partial charge in [0.25, 0.3) is 5.91 Å². The molecule has 1 aromatic carbocycles. The molecule has 0 spiro atoms. The second-order valence-corrected chi connectivity index (χ2v) is 8.69. The molecule has 2 heterocycles. The number of hydrogen-bond acceptors (Lipinski definition) is 3. The number of nitrogens with zero attached hydrogens (tertiary/aromatic N) is 2. The molecule has 0 radical (unpaired) electrons. The lowest BCUT2D eigenvalue weighted by atomic mass is 9.89. The van der Waals surface area contributed by atoms with E-state index in [1.54, 1.807) is 6.92 Å². The third-order valence-corrected chi connectivity index (χ3v) is 6.46. The number of aromatic nitrogens is 1. The molecule has 1 saturated heterocycles. The van der Waals surface area contributed by atoms with Gasteiger partial charge in [-0.15, -0.1) is 0 Å². The molecule has 4 rings (SSSR count). The summed E-state index contributed by atoms with van der Waals surface area (Å²) in [5.74, 6) is -1.15. The van der Waals surface area contributed by atoms with Crippen molar-refractivity contribution in [1.29, 1.82) is 0 Å². The molecule has 6 nitrogen and oxygen atoms in total. The number of fused-ring (bicyclic) bond motifs is 1. The van der Waals surface area contributed by atoms with E-state index in [0.717, 1.165) is 34.3 Å². The molecule has 0 bridgehead atoms. The number of carbonyl (C=O) groups excluding carboxylic acids is 3. The maximum Gasteiger partial charge on any atom is 0.406 e. The predicted octanol–water partition coefficient (Wildman–Crippen LogP) is 3.81. The lowest BCUT2D eigenvalue weighted by Gasteiger charge is -2.23. The van der Waals surface area contributed by atoms with Crippen LogP contribution in [0.5, 0.6) is 0 Å². The highest BCUT2D eigenvalue weighted by Gasteiger charge is 2.49. The lowest BCUT2D eigenvalue weighted by molar-refractivity contribution is -0.141. The second-order valence-electron chi connectivity index (χ2n) is 8.69. The van der Waals surface area contributed by atoms with Crippen LogP contribution in [0.25, 0.3) is 0 Å². The quantitative estimate of drug-likeness (QED) is 0.560. The van der Waals surface area contributed by atoms with E-state index in [-0.39, 0.29) is 17.0 Å². The molecule has 1 atom stereocenters. The van der Waals surface area contributed by atoms with E-state index in [2.05, 4.69) is 5.32 Å². The molecule has 1 unspecified atom stereocenters. The van der Waals surface area contributed by atoms with Gasteiger partial charge in [0.15, 0.2) is 5.78 Å². The summed E-state index contributed by atoms with van der Waals surface area (Å²) in [6.45, 7) is 2.75. The van der Waals surface area contributed by atoms with Crippen LogP contribution in [0.15, 0.2) is 24.3 Å². The molecule has 2 aliphatic rings. The highest BCUT2D eigenvalue weighted by molar-refractivity contribution is 6.11. The fourth-order valence-corrected chi connectivity index (χ4v) is 4.65. The Morgan fingerprint density at radius 3 is 2.50 bits per heavy atom. The van der Waals surface area contributed by atoms with Gasteiger partial charge in [0.05, 0.1) is 6.54 Å². The first-order valence-corrected chi connectivity index (χ1v) is 10.4. The Morgan fingerprint density at radius 1 is 1.12 bits per heavy atom. The van der Waals surface area contributed by atoms with Crippen molar-refractivity contribution in [3.8, 4) is 0 Å². The zero-order chi connectivity index (χ0) is 23.4. The number of hydrogen-bond donors (Lipinski definition) is 1. The van der Waals surface area contributed by atoms with Crippen LogP contribution < -0.4 is 5.32 Å². The summed E-state index contributed by atoms with van der Waals surface area (Å²) >= 11 is 0. The second kappa shape index (κ2) is 7.50. The number of aryl methyl sites for hydroxylation is 3. The first-order chi connectivity index (χ1) is 14.9. The molecule has 1 fully saturated rings. The van der Waals surface area contributed by atoms with Crippen molar-refractivity contribution in [3.63, 3.8) is 0 Å². The van der Waals surface area contributed by atoms with Crippen molar-refractivity contribution in [2.24, 2.45) is 0 Å². The predicted molar refractivity (Wildman–Crippen MR) is 110 cm³/mol. The smallest absolute Gasteiger partial charge is 0.339 e. The largest absolute Gasteiger partial charge is 0.406 e. The standard InChI is InChI=1S/C23H24F3N3O3/c1-13-9-18(14(2)29(13)12-23(24,25)26)19(30)11-28-20(31)22(3,27-21(28)32)17-8-7-15-5-4-6-16(15)10-17/h7-10H,4-6,11-12H2,1-3H3,(H,27,32). The third kappa shape index (κ3) is 3.69. The first-order valence-electron chi connectivity index (χ1n) is 10.4. The molecular weight excluding hydrogens is 423 g/mol. The summed E-state index contributed by atoms with van der Waals surface area (Å²) in [7, 11) is 0. The normalized spacial score (nSPS) is 20.6. The molecule has 3 amide bonds. The van der Waals surface area contributed by atoms with Crippen molar-refractivity contribution in [3.05, 3.63) is 57.9 Å². The van der Waals surface area contributed by atoms with Gasteiger partial charge < -0.3 is 9.88 Å². The van der Waals surface area contributed by atoms with E-state index in [4.69, 9.17) is 0 Å². The summed E-state index contributed by atoms with van der Waals surface area (Å²) in [6, 6.07) is 6.37. The third-order valence-electron chi connectivity index (χ3n) is 6.46. The summed E-state index contributed by atoms with van der Waals surface area (Å²) in [4.78, 5) is 39.5. The molecule has 32 heavy (non-hydrogen) atoms. The van der Waals surface area contributed by atoms with Crippen LogP contribution in [-0.2, 0) is 29.7 Å². The molecule has 1 aromatic heterocycles. The van der Waals surface area contributed by atoms with Gasteiger partial charge in [0.1, 0.15) is 12.1 Å². The highest BCUT2D eigenvalue weighted by atomic mass is 19.4. The molecular formula is C23H24F3N3O3. The Hall–Kier alpha value is -3.10. The molecule has 1 N–H and O–H groups in total. The van der Waals surface area contributed by atoms with Crippen LogP contribution in [0, 0.1) is 13.8 Å². The Morgan fingerprint density at radius 2 is 1.81 bits per heavy atom. The van der Waals surface area contributed by atoms with Crippen LogP contribution >= 0.6 is 0 Å². The van der Waals surface area contributed by atoms with E-state index < -0.39 is 42.5 Å². The number of ketones is 1. The Kier molecular flexibility index (Phi) is 5.18. The van der Waals surface area contributed by atoms with Gasteiger partial charge in [-0.2, -0.15) is 13.2 Å². The Bertz CT molecular complexity index is 1140. The van der Waals surface area contributed by atoms with Gasteiger partial charge in [-0.25, -0.2) is 4.79 Å². The van der Waals surface area contributed by atoms with Gasteiger partial charge >= 0.3 is 12.2 Å². The molecule has 9 heteroatoms. The average Bonchev–Trinajstić information content (AvgIpc) is 3.34. The van der Waals surface area contributed by atoms with E-state index in [1.165, 1.54) is 25.5 Å². The fraction of sp³-hybridized carbons (Fsp3) is 0.435. The van der Waals surface area contributed by atoms with Gasteiger partial charge in [-0.05, 0) is 62.8 Å².